The van der Waals surface area contributed by atoms with Crippen molar-refractivity contribution in [1.82, 2.24) is 9.97 Å². The van der Waals surface area contributed by atoms with Gasteiger partial charge < -0.3 is 9.15 Å². The number of rotatable bonds is 3. The molecule has 0 bridgehead atoms. The van der Waals surface area contributed by atoms with E-state index in [2.05, 4.69) is 9.97 Å². The second-order valence-corrected chi connectivity index (χ2v) is 4.71. The third-order valence-electron chi connectivity index (χ3n) is 3.27. The third kappa shape index (κ3) is 2.64. The smallest absolute Gasteiger partial charge is 0.302 e. The zero-order valence-electron chi connectivity index (χ0n) is 12.5. The molecule has 1 aromatic carbocycles. The van der Waals surface area contributed by atoms with Crippen LogP contribution in [0.1, 0.15) is 17.5 Å². The van der Waals surface area contributed by atoms with Gasteiger partial charge in [0.2, 0.25) is 5.91 Å². The Labute approximate surface area is 131 Å². The van der Waals surface area contributed by atoms with Gasteiger partial charge in [0, 0.05) is 19.2 Å². The highest BCUT2D eigenvalue weighted by Gasteiger charge is 2.26. The van der Waals surface area contributed by atoms with Gasteiger partial charge in [-0.25, -0.2) is 14.9 Å². The van der Waals surface area contributed by atoms with Gasteiger partial charge in [-0.05, 0) is 18.2 Å². The first kappa shape index (κ1) is 14.7. The van der Waals surface area contributed by atoms with E-state index in [1.165, 1.54) is 32.6 Å². The molecule has 2 heterocycles. The van der Waals surface area contributed by atoms with Crippen molar-refractivity contribution in [3.05, 3.63) is 48.6 Å². The van der Waals surface area contributed by atoms with Gasteiger partial charge in [-0.2, -0.15) is 0 Å². The Morgan fingerprint density at radius 2 is 2.09 bits per heavy atom. The van der Waals surface area contributed by atoms with Crippen LogP contribution in [0.2, 0.25) is 0 Å². The van der Waals surface area contributed by atoms with Crippen LogP contribution in [0.15, 0.2) is 47.3 Å². The van der Waals surface area contributed by atoms with Crippen LogP contribution in [0.4, 0.5) is 5.82 Å². The lowest BCUT2D eigenvalue weighted by molar-refractivity contribution is -0.116. The van der Waals surface area contributed by atoms with Gasteiger partial charge in [-0.3, -0.25) is 9.59 Å². The number of hydrogen-bond acceptors (Lipinski definition) is 6. The van der Waals surface area contributed by atoms with Gasteiger partial charge in [0.25, 0.3) is 0 Å². The number of imide groups is 1. The minimum Gasteiger partial charge on any atom is -0.496 e. The molecule has 0 fully saturated rings. The van der Waals surface area contributed by atoms with Gasteiger partial charge in [0.05, 0.1) is 12.5 Å². The summed E-state index contributed by atoms with van der Waals surface area (Å²) in [6.45, 7) is 1.28. The summed E-state index contributed by atoms with van der Waals surface area (Å²) >= 11 is 0. The number of amides is 2. The minimum absolute atomic E-state index is 0.0262. The molecule has 7 heteroatoms. The molecular formula is C16H13N3O4. The Balaban J connectivity index is 2.06. The first-order valence-electron chi connectivity index (χ1n) is 6.79. The van der Waals surface area contributed by atoms with E-state index in [9.17, 15) is 9.59 Å². The first-order valence-corrected chi connectivity index (χ1v) is 6.79. The van der Waals surface area contributed by atoms with Gasteiger partial charge >= 0.3 is 5.91 Å². The number of fused-ring (bicyclic) bond motifs is 1. The predicted molar refractivity (Wildman–Crippen MR) is 82.3 cm³/mol. The predicted octanol–water partition coefficient (Wildman–Crippen LogP) is 2.42. The molecule has 0 radical (unpaired) electrons. The van der Waals surface area contributed by atoms with E-state index < -0.39 is 11.8 Å². The standard InChI is InChI=1S/C16H13N3O4/c1-10(20)19(15-6-7-17-9-18-15)16(21)14-8-11-12(22-2)4-3-5-13(11)23-14/h3-9H,1-2H3. The molecule has 0 unspecified atom stereocenters. The van der Waals surface area contributed by atoms with E-state index >= 15 is 0 Å². The van der Waals surface area contributed by atoms with Crippen molar-refractivity contribution in [1.29, 1.82) is 0 Å². The number of benzene rings is 1. The average molecular weight is 311 g/mol. The van der Waals surface area contributed by atoms with Gasteiger partial charge in [0.1, 0.15) is 23.5 Å². The van der Waals surface area contributed by atoms with Crippen LogP contribution in [-0.4, -0.2) is 28.9 Å². The van der Waals surface area contributed by atoms with Crippen molar-refractivity contribution in [2.75, 3.05) is 12.0 Å². The molecule has 3 aromatic rings. The minimum atomic E-state index is -0.602. The number of methoxy groups -OCH3 is 1. The molecule has 0 saturated carbocycles. The van der Waals surface area contributed by atoms with Crippen molar-refractivity contribution >= 4 is 28.6 Å². The molecule has 0 N–H and O–H groups in total. The molecule has 0 saturated heterocycles. The van der Waals surface area contributed by atoms with Crippen LogP contribution >= 0.6 is 0 Å². The highest BCUT2D eigenvalue weighted by Crippen LogP contribution is 2.29. The van der Waals surface area contributed by atoms with Crippen molar-refractivity contribution in [2.45, 2.75) is 6.92 Å². The topological polar surface area (TPSA) is 85.5 Å². The van der Waals surface area contributed by atoms with Crippen LogP contribution in [0.5, 0.6) is 5.75 Å². The van der Waals surface area contributed by atoms with Gasteiger partial charge in [0.15, 0.2) is 5.76 Å². The molecule has 23 heavy (non-hydrogen) atoms. The summed E-state index contributed by atoms with van der Waals surface area (Å²) in [4.78, 5) is 33.2. The fourth-order valence-electron chi connectivity index (χ4n) is 2.25. The molecule has 2 amide bonds. The summed E-state index contributed by atoms with van der Waals surface area (Å²) in [5.74, 6) is -0.277. The zero-order valence-corrected chi connectivity index (χ0v) is 12.5. The Hall–Kier alpha value is -3.22. The second kappa shape index (κ2) is 5.88. The molecule has 0 aliphatic rings. The van der Waals surface area contributed by atoms with E-state index in [-0.39, 0.29) is 11.6 Å². The Kier molecular flexibility index (Phi) is 3.76. The Bertz CT molecular complexity index is 873. The van der Waals surface area contributed by atoms with Gasteiger partial charge in [-0.1, -0.05) is 6.07 Å². The molecule has 7 nitrogen and oxygen atoms in total. The molecule has 0 atom stereocenters. The lowest BCUT2D eigenvalue weighted by Crippen LogP contribution is -2.35. The highest BCUT2D eigenvalue weighted by atomic mass is 16.5. The largest absolute Gasteiger partial charge is 0.496 e. The maximum absolute atomic E-state index is 12.7. The van der Waals surface area contributed by atoms with Crippen LogP contribution in [0.25, 0.3) is 11.0 Å². The Morgan fingerprint density at radius 1 is 1.26 bits per heavy atom. The van der Waals surface area contributed by atoms with Crippen molar-refractivity contribution in [3.63, 3.8) is 0 Å². The fraction of sp³-hybridized carbons (Fsp3) is 0.125. The van der Waals surface area contributed by atoms with Crippen LogP contribution in [-0.2, 0) is 4.79 Å². The number of ether oxygens (including phenoxy) is 1. The summed E-state index contributed by atoms with van der Waals surface area (Å²) < 4.78 is 10.8. The number of carbonyl (C=O) groups is 2. The van der Waals surface area contributed by atoms with Crippen LogP contribution in [0.3, 0.4) is 0 Å². The van der Waals surface area contributed by atoms with E-state index in [4.69, 9.17) is 9.15 Å². The van der Waals surface area contributed by atoms with Crippen LogP contribution in [0, 0.1) is 0 Å². The number of nitrogens with zero attached hydrogens (tertiary/aromatic N) is 3. The summed E-state index contributed by atoms with van der Waals surface area (Å²) in [5, 5.41) is 0.657. The fourth-order valence-corrected chi connectivity index (χ4v) is 2.25. The summed E-state index contributed by atoms with van der Waals surface area (Å²) in [7, 11) is 1.53. The maximum atomic E-state index is 12.7. The monoisotopic (exact) mass is 311 g/mol. The van der Waals surface area contributed by atoms with E-state index in [0.717, 1.165) is 4.90 Å². The number of furan rings is 1. The lowest BCUT2D eigenvalue weighted by atomic mass is 10.2. The Morgan fingerprint density at radius 3 is 2.74 bits per heavy atom. The van der Waals surface area contributed by atoms with E-state index in [0.29, 0.717) is 16.7 Å². The van der Waals surface area contributed by atoms with Gasteiger partial charge in [-0.15, -0.1) is 0 Å². The molecule has 0 aliphatic carbocycles. The molecule has 0 spiro atoms. The highest BCUT2D eigenvalue weighted by molar-refractivity contribution is 6.19. The van der Waals surface area contributed by atoms with Crippen molar-refractivity contribution in [2.24, 2.45) is 0 Å². The van der Waals surface area contributed by atoms with Crippen LogP contribution < -0.4 is 9.64 Å². The molecule has 3 rings (SSSR count). The maximum Gasteiger partial charge on any atom is 0.302 e. The summed E-state index contributed by atoms with van der Waals surface area (Å²) in [5.41, 5.74) is 0.499. The van der Waals surface area contributed by atoms with E-state index in [1.807, 2.05) is 0 Å². The number of hydrogen-bond donors (Lipinski definition) is 0. The number of anilines is 1. The normalized spacial score (nSPS) is 10.5. The number of aromatic nitrogens is 2. The SMILES string of the molecule is COc1cccc2oc(C(=O)N(C(C)=O)c3ccncn3)cc12. The molecule has 116 valence electrons. The summed E-state index contributed by atoms with van der Waals surface area (Å²) in [6.07, 6.45) is 2.72. The lowest BCUT2D eigenvalue weighted by Gasteiger charge is -2.15. The van der Waals surface area contributed by atoms with Crippen molar-refractivity contribution in [3.8, 4) is 5.75 Å². The second-order valence-electron chi connectivity index (χ2n) is 4.71. The average Bonchev–Trinajstić information content (AvgIpc) is 2.99. The molecule has 2 aromatic heterocycles. The molecular weight excluding hydrogens is 298 g/mol. The molecule has 0 aliphatic heterocycles. The first-order chi connectivity index (χ1) is 11.1. The van der Waals surface area contributed by atoms with E-state index in [1.54, 1.807) is 24.3 Å². The zero-order chi connectivity index (χ0) is 16.4. The summed E-state index contributed by atoms with van der Waals surface area (Å²) in [6, 6.07) is 8.26. The number of carbonyl (C=O) groups excluding carboxylic acids is 2. The van der Waals surface area contributed by atoms with Crippen molar-refractivity contribution < 1.29 is 18.7 Å². The third-order valence-corrected chi connectivity index (χ3v) is 3.27. The quantitative estimate of drug-likeness (QED) is 0.738.